The number of halogens is 2. The molecule has 0 atom stereocenters. The number of carbonyl (C=O) groups excluding carboxylic acids is 1. The molecule has 23 heavy (non-hydrogen) atoms. The molecular weight excluding hydrogens is 384 g/mol. The third kappa shape index (κ3) is 3.23. The van der Waals surface area contributed by atoms with Gasteiger partial charge in [0.2, 0.25) is 5.91 Å². The van der Waals surface area contributed by atoms with E-state index in [1.165, 1.54) is 11.0 Å². The summed E-state index contributed by atoms with van der Waals surface area (Å²) in [5, 5.41) is 11.9. The summed E-state index contributed by atoms with van der Waals surface area (Å²) in [5.41, 5.74) is 1.96. The molecule has 0 spiro atoms. The smallest absolute Gasteiger partial charge is 0.294 e. The molecule has 1 aliphatic heterocycles. The van der Waals surface area contributed by atoms with E-state index in [1.54, 1.807) is 18.2 Å². The molecule has 118 valence electrons. The summed E-state index contributed by atoms with van der Waals surface area (Å²) >= 11 is 9.21. The summed E-state index contributed by atoms with van der Waals surface area (Å²) in [4.78, 5) is 25.0. The number of nitro groups is 1. The lowest BCUT2D eigenvalue weighted by Crippen LogP contribution is -2.30. The molecule has 0 unspecified atom stereocenters. The zero-order chi connectivity index (χ0) is 16.6. The van der Waals surface area contributed by atoms with Gasteiger partial charge in [-0.1, -0.05) is 39.7 Å². The van der Waals surface area contributed by atoms with Crippen molar-refractivity contribution in [3.05, 3.63) is 67.1 Å². The van der Waals surface area contributed by atoms with E-state index in [1.807, 2.05) is 12.1 Å². The predicted octanol–water partition coefficient (Wildman–Crippen LogP) is 4.14. The van der Waals surface area contributed by atoms with Crippen LogP contribution in [0, 0.1) is 10.1 Å². The van der Waals surface area contributed by atoms with Crippen LogP contribution < -0.4 is 4.90 Å². The highest BCUT2D eigenvalue weighted by Gasteiger charge is 2.32. The Kier molecular flexibility index (Phi) is 4.37. The first-order chi connectivity index (χ1) is 11.0. The highest BCUT2D eigenvalue weighted by Crippen LogP contribution is 2.39. The van der Waals surface area contributed by atoms with Crippen LogP contribution in [0.25, 0.3) is 0 Å². The summed E-state index contributed by atoms with van der Waals surface area (Å²) in [7, 11) is 0. The van der Waals surface area contributed by atoms with Gasteiger partial charge in [0.25, 0.3) is 5.69 Å². The number of hydrogen-bond acceptors (Lipinski definition) is 3. The Balaban J connectivity index is 1.93. The lowest BCUT2D eigenvalue weighted by Gasteiger charge is -2.17. The molecule has 0 saturated heterocycles. The van der Waals surface area contributed by atoms with Crippen LogP contribution in [0.1, 0.15) is 11.1 Å². The van der Waals surface area contributed by atoms with E-state index in [4.69, 9.17) is 11.6 Å². The molecule has 5 nitrogen and oxygen atoms in total. The molecule has 1 aliphatic rings. The van der Waals surface area contributed by atoms with Gasteiger partial charge in [0.15, 0.2) is 0 Å². The van der Waals surface area contributed by atoms with Gasteiger partial charge in [-0.15, -0.1) is 0 Å². The van der Waals surface area contributed by atoms with E-state index in [0.717, 1.165) is 11.1 Å². The summed E-state index contributed by atoms with van der Waals surface area (Å²) in [6, 6.07) is 10.3. The maximum atomic E-state index is 12.6. The number of amides is 1. The van der Waals surface area contributed by atoms with Crippen molar-refractivity contribution in [2.24, 2.45) is 0 Å². The highest BCUT2D eigenvalue weighted by atomic mass is 79.9. The van der Waals surface area contributed by atoms with Crippen molar-refractivity contribution in [3.63, 3.8) is 0 Å². The van der Waals surface area contributed by atoms with E-state index in [9.17, 15) is 14.9 Å². The Morgan fingerprint density at radius 1 is 1.35 bits per heavy atom. The van der Waals surface area contributed by atoms with E-state index in [0.29, 0.717) is 28.1 Å². The Hall–Kier alpha value is -1.92. The molecule has 0 fully saturated rings. The third-order valence-corrected chi connectivity index (χ3v) is 4.44. The second-order valence-electron chi connectivity index (χ2n) is 5.29. The number of carbonyl (C=O) groups is 1. The zero-order valence-electron chi connectivity index (χ0n) is 12.0. The minimum absolute atomic E-state index is 0.0497. The maximum absolute atomic E-state index is 12.6. The molecular formula is C16H12BrClN2O3. The molecule has 7 heteroatoms. The Bertz CT molecular complexity index is 810. The molecule has 2 aromatic carbocycles. The van der Waals surface area contributed by atoms with Crippen LogP contribution in [0.2, 0.25) is 5.02 Å². The first-order valence-electron chi connectivity index (χ1n) is 6.97. The number of rotatable bonds is 3. The molecule has 1 amide bonds. The fraction of sp³-hybridized carbons (Fsp3) is 0.188. The molecule has 0 aromatic heterocycles. The monoisotopic (exact) mass is 394 g/mol. The third-order valence-electron chi connectivity index (χ3n) is 3.75. The van der Waals surface area contributed by atoms with Gasteiger partial charge in [-0.25, -0.2) is 0 Å². The Labute approximate surface area is 146 Å². The van der Waals surface area contributed by atoms with E-state index >= 15 is 0 Å². The van der Waals surface area contributed by atoms with Crippen LogP contribution in [0.5, 0.6) is 0 Å². The fourth-order valence-electron chi connectivity index (χ4n) is 2.79. The predicted molar refractivity (Wildman–Crippen MR) is 92.0 cm³/mol. The maximum Gasteiger partial charge on any atom is 0.294 e. The van der Waals surface area contributed by atoms with Crippen molar-refractivity contribution in [2.45, 2.75) is 12.8 Å². The average Bonchev–Trinajstić information content (AvgIpc) is 2.89. The van der Waals surface area contributed by atoms with Crippen LogP contribution in [-0.2, 0) is 17.6 Å². The first kappa shape index (κ1) is 16.0. The van der Waals surface area contributed by atoms with Crippen LogP contribution in [0.4, 0.5) is 11.4 Å². The molecule has 3 rings (SSSR count). The molecule has 0 saturated carbocycles. The summed E-state index contributed by atoms with van der Waals surface area (Å²) in [6.07, 6.45) is 0.768. The minimum Gasteiger partial charge on any atom is -0.306 e. The number of fused-ring (bicyclic) bond motifs is 1. The van der Waals surface area contributed by atoms with Gasteiger partial charge >= 0.3 is 0 Å². The van der Waals surface area contributed by atoms with E-state index < -0.39 is 4.92 Å². The van der Waals surface area contributed by atoms with Gasteiger partial charge in [-0.05, 0) is 35.7 Å². The largest absolute Gasteiger partial charge is 0.306 e. The number of nitro benzene ring substituents is 1. The Morgan fingerprint density at radius 2 is 2.13 bits per heavy atom. The van der Waals surface area contributed by atoms with Gasteiger partial charge < -0.3 is 4.90 Å². The number of benzene rings is 2. The molecule has 1 heterocycles. The van der Waals surface area contributed by atoms with Crippen LogP contribution in [0.15, 0.2) is 40.9 Å². The van der Waals surface area contributed by atoms with Crippen molar-refractivity contribution in [2.75, 3.05) is 11.4 Å². The molecule has 0 aliphatic carbocycles. The SMILES string of the molecule is O=C(Cc1cccc(Cl)c1)N1CCc2cc(Br)cc([N+](=O)[O-])c21. The number of nitrogens with zero attached hydrogens (tertiary/aromatic N) is 2. The molecule has 2 aromatic rings. The summed E-state index contributed by atoms with van der Waals surface area (Å²) < 4.78 is 0.645. The minimum atomic E-state index is -0.450. The van der Waals surface area contributed by atoms with Crippen molar-refractivity contribution in [1.82, 2.24) is 0 Å². The van der Waals surface area contributed by atoms with Gasteiger partial charge in [0, 0.05) is 22.1 Å². The lowest BCUT2D eigenvalue weighted by atomic mass is 10.1. The van der Waals surface area contributed by atoms with Gasteiger partial charge in [0.1, 0.15) is 5.69 Å². The second-order valence-corrected chi connectivity index (χ2v) is 6.64. The highest BCUT2D eigenvalue weighted by molar-refractivity contribution is 9.10. The van der Waals surface area contributed by atoms with Crippen molar-refractivity contribution < 1.29 is 9.72 Å². The number of hydrogen-bond donors (Lipinski definition) is 0. The second kappa shape index (κ2) is 6.29. The van der Waals surface area contributed by atoms with Crippen LogP contribution in [0.3, 0.4) is 0 Å². The zero-order valence-corrected chi connectivity index (χ0v) is 14.3. The molecule has 0 N–H and O–H groups in total. The Morgan fingerprint density at radius 3 is 2.83 bits per heavy atom. The average molecular weight is 396 g/mol. The topological polar surface area (TPSA) is 63.5 Å². The van der Waals surface area contributed by atoms with Crippen molar-refractivity contribution in [1.29, 1.82) is 0 Å². The van der Waals surface area contributed by atoms with Gasteiger partial charge in [-0.3, -0.25) is 14.9 Å². The quantitative estimate of drug-likeness (QED) is 0.579. The number of anilines is 1. The van der Waals surface area contributed by atoms with Gasteiger partial charge in [-0.2, -0.15) is 0 Å². The van der Waals surface area contributed by atoms with Crippen molar-refractivity contribution >= 4 is 44.8 Å². The van der Waals surface area contributed by atoms with Crippen LogP contribution >= 0.6 is 27.5 Å². The first-order valence-corrected chi connectivity index (χ1v) is 8.14. The van der Waals surface area contributed by atoms with E-state index in [2.05, 4.69) is 15.9 Å². The van der Waals surface area contributed by atoms with Crippen molar-refractivity contribution in [3.8, 4) is 0 Å². The van der Waals surface area contributed by atoms with E-state index in [-0.39, 0.29) is 18.0 Å². The van der Waals surface area contributed by atoms with Gasteiger partial charge in [0.05, 0.1) is 11.3 Å². The summed E-state index contributed by atoms with van der Waals surface area (Å²) in [6.45, 7) is 0.450. The molecule has 0 radical (unpaired) electrons. The van der Waals surface area contributed by atoms with Crippen LogP contribution in [-0.4, -0.2) is 17.4 Å². The fourth-order valence-corrected chi connectivity index (χ4v) is 3.50. The lowest BCUT2D eigenvalue weighted by molar-refractivity contribution is -0.384. The summed E-state index contributed by atoms with van der Waals surface area (Å²) in [5.74, 6) is -0.170. The normalized spacial score (nSPS) is 13.0. The molecule has 0 bridgehead atoms. The standard InChI is InChI=1S/C16H12BrClN2O3/c17-12-8-11-4-5-19(16(11)14(9-12)20(22)23)15(21)7-10-2-1-3-13(18)6-10/h1-3,6,8-9H,4-5,7H2.